The summed E-state index contributed by atoms with van der Waals surface area (Å²) in [6.07, 6.45) is 2.66. The number of halogens is 1. The molecule has 1 saturated carbocycles. The van der Waals surface area contributed by atoms with E-state index in [0.717, 1.165) is 50.3 Å². The van der Waals surface area contributed by atoms with Crippen molar-refractivity contribution in [3.63, 3.8) is 0 Å². The number of benzene rings is 1. The van der Waals surface area contributed by atoms with Crippen LogP contribution >= 0.6 is 11.6 Å². The van der Waals surface area contributed by atoms with Crippen molar-refractivity contribution in [1.82, 2.24) is 15.5 Å². The van der Waals surface area contributed by atoms with Gasteiger partial charge in [0.15, 0.2) is 0 Å². The third kappa shape index (κ3) is 4.18. The number of hydrogen-bond acceptors (Lipinski definition) is 3. The standard InChI is InChI=1S/C15H22ClN3/c16-14-8-12(10-18-15-1-2-15)7-13(9-14)11-19-5-3-17-4-6-19/h7-9,15,17-18H,1-6,10-11H2. The second-order valence-corrected chi connectivity index (χ2v) is 6.09. The fourth-order valence-corrected chi connectivity index (χ4v) is 2.87. The highest BCUT2D eigenvalue weighted by molar-refractivity contribution is 6.30. The lowest BCUT2D eigenvalue weighted by Crippen LogP contribution is -2.42. The third-order valence-electron chi connectivity index (χ3n) is 3.81. The van der Waals surface area contributed by atoms with Gasteiger partial charge in [-0.15, -0.1) is 0 Å². The molecule has 0 radical (unpaired) electrons. The Labute approximate surface area is 120 Å². The highest BCUT2D eigenvalue weighted by Crippen LogP contribution is 2.21. The second kappa shape index (κ2) is 6.23. The summed E-state index contributed by atoms with van der Waals surface area (Å²) in [6.45, 7) is 6.40. The molecule has 104 valence electrons. The Bertz CT molecular complexity index is 425. The Morgan fingerprint density at radius 2 is 1.89 bits per heavy atom. The summed E-state index contributed by atoms with van der Waals surface area (Å²) in [7, 11) is 0. The van der Waals surface area contributed by atoms with Crippen LogP contribution in [-0.4, -0.2) is 37.1 Å². The van der Waals surface area contributed by atoms with Crippen molar-refractivity contribution in [1.29, 1.82) is 0 Å². The first-order valence-corrected chi connectivity index (χ1v) is 7.62. The summed E-state index contributed by atoms with van der Waals surface area (Å²) in [6, 6.07) is 7.22. The SMILES string of the molecule is Clc1cc(CNC2CC2)cc(CN2CCNCC2)c1. The number of nitrogens with one attached hydrogen (secondary N) is 2. The summed E-state index contributed by atoms with van der Waals surface area (Å²) in [5.41, 5.74) is 2.64. The molecule has 1 saturated heterocycles. The van der Waals surface area contributed by atoms with E-state index in [2.05, 4.69) is 33.7 Å². The minimum atomic E-state index is 0.746. The lowest BCUT2D eigenvalue weighted by molar-refractivity contribution is 0.233. The molecule has 1 aliphatic heterocycles. The molecule has 0 unspecified atom stereocenters. The molecule has 19 heavy (non-hydrogen) atoms. The summed E-state index contributed by atoms with van der Waals surface area (Å²) >= 11 is 6.24. The lowest BCUT2D eigenvalue weighted by Gasteiger charge is -2.27. The topological polar surface area (TPSA) is 27.3 Å². The molecule has 0 amide bonds. The third-order valence-corrected chi connectivity index (χ3v) is 4.02. The van der Waals surface area contributed by atoms with Gasteiger partial charge < -0.3 is 10.6 Å². The van der Waals surface area contributed by atoms with E-state index in [-0.39, 0.29) is 0 Å². The van der Waals surface area contributed by atoms with Gasteiger partial charge in [-0.2, -0.15) is 0 Å². The van der Waals surface area contributed by atoms with Gasteiger partial charge in [-0.3, -0.25) is 4.90 Å². The molecular weight excluding hydrogens is 258 g/mol. The quantitative estimate of drug-likeness (QED) is 0.863. The molecule has 0 bridgehead atoms. The Balaban J connectivity index is 1.62. The van der Waals surface area contributed by atoms with E-state index < -0.39 is 0 Å². The van der Waals surface area contributed by atoms with Gasteiger partial charge in [0, 0.05) is 50.3 Å². The summed E-state index contributed by atoms with van der Waals surface area (Å²) < 4.78 is 0. The first-order valence-electron chi connectivity index (χ1n) is 7.24. The maximum absolute atomic E-state index is 6.24. The molecule has 3 nitrogen and oxygen atoms in total. The van der Waals surface area contributed by atoms with Crippen LogP contribution in [0.1, 0.15) is 24.0 Å². The number of rotatable bonds is 5. The van der Waals surface area contributed by atoms with Gasteiger partial charge in [-0.1, -0.05) is 17.7 Å². The maximum Gasteiger partial charge on any atom is 0.0412 e. The van der Waals surface area contributed by atoms with E-state index in [9.17, 15) is 0 Å². The van der Waals surface area contributed by atoms with Crippen molar-refractivity contribution >= 4 is 11.6 Å². The Kier molecular flexibility index (Phi) is 4.38. The van der Waals surface area contributed by atoms with Gasteiger partial charge >= 0.3 is 0 Å². The zero-order chi connectivity index (χ0) is 13.1. The summed E-state index contributed by atoms with van der Waals surface area (Å²) in [5, 5.41) is 7.80. The molecule has 1 aromatic rings. The normalized spacial score (nSPS) is 20.7. The van der Waals surface area contributed by atoms with Crippen LogP contribution in [0.3, 0.4) is 0 Å². The van der Waals surface area contributed by atoms with Crippen molar-refractivity contribution in [3.8, 4) is 0 Å². The monoisotopic (exact) mass is 279 g/mol. The van der Waals surface area contributed by atoms with E-state index in [4.69, 9.17) is 11.6 Å². The van der Waals surface area contributed by atoms with E-state index >= 15 is 0 Å². The smallest absolute Gasteiger partial charge is 0.0412 e. The molecule has 1 aliphatic carbocycles. The summed E-state index contributed by atoms with van der Waals surface area (Å²) in [4.78, 5) is 2.49. The Hall–Kier alpha value is -0.610. The molecule has 0 atom stereocenters. The largest absolute Gasteiger partial charge is 0.314 e. The van der Waals surface area contributed by atoms with Gasteiger partial charge in [-0.05, 0) is 36.1 Å². The van der Waals surface area contributed by atoms with Gasteiger partial charge in [0.1, 0.15) is 0 Å². The predicted octanol–water partition coefficient (Wildman–Crippen LogP) is 2.00. The Morgan fingerprint density at radius 3 is 2.63 bits per heavy atom. The van der Waals surface area contributed by atoms with Crippen LogP contribution in [-0.2, 0) is 13.1 Å². The van der Waals surface area contributed by atoms with Crippen LogP contribution < -0.4 is 10.6 Å². The molecule has 0 spiro atoms. The fraction of sp³-hybridized carbons (Fsp3) is 0.600. The molecule has 1 heterocycles. The van der Waals surface area contributed by atoms with E-state index in [1.165, 1.54) is 24.0 Å². The highest BCUT2D eigenvalue weighted by atomic mass is 35.5. The predicted molar refractivity (Wildman–Crippen MR) is 79.5 cm³/mol. The molecule has 2 N–H and O–H groups in total. The molecule has 4 heteroatoms. The van der Waals surface area contributed by atoms with Crippen LogP contribution in [0.2, 0.25) is 5.02 Å². The maximum atomic E-state index is 6.24. The van der Waals surface area contributed by atoms with Crippen LogP contribution in [0.4, 0.5) is 0 Å². The molecule has 0 aromatic heterocycles. The molecular formula is C15H22ClN3. The fourth-order valence-electron chi connectivity index (χ4n) is 2.59. The highest BCUT2D eigenvalue weighted by Gasteiger charge is 2.20. The van der Waals surface area contributed by atoms with E-state index in [1.54, 1.807) is 0 Å². The molecule has 1 aromatic carbocycles. The molecule has 2 fully saturated rings. The van der Waals surface area contributed by atoms with Crippen LogP contribution in [0.5, 0.6) is 0 Å². The van der Waals surface area contributed by atoms with Gasteiger partial charge in [0.2, 0.25) is 0 Å². The zero-order valence-electron chi connectivity index (χ0n) is 11.3. The average Bonchev–Trinajstić information content (AvgIpc) is 3.21. The second-order valence-electron chi connectivity index (χ2n) is 5.65. The van der Waals surface area contributed by atoms with Gasteiger partial charge in [-0.25, -0.2) is 0 Å². The number of nitrogens with zero attached hydrogens (tertiary/aromatic N) is 1. The average molecular weight is 280 g/mol. The van der Waals surface area contributed by atoms with Crippen molar-refractivity contribution < 1.29 is 0 Å². The first-order chi connectivity index (χ1) is 9.29. The van der Waals surface area contributed by atoms with Gasteiger partial charge in [0.05, 0.1) is 0 Å². The minimum Gasteiger partial charge on any atom is -0.314 e. The van der Waals surface area contributed by atoms with Crippen molar-refractivity contribution in [2.24, 2.45) is 0 Å². The first kappa shape index (κ1) is 13.4. The summed E-state index contributed by atoms with van der Waals surface area (Å²) in [5.74, 6) is 0. The number of piperazine rings is 1. The van der Waals surface area contributed by atoms with Gasteiger partial charge in [0.25, 0.3) is 0 Å². The number of hydrogen-bond donors (Lipinski definition) is 2. The lowest BCUT2D eigenvalue weighted by atomic mass is 10.1. The van der Waals surface area contributed by atoms with Crippen LogP contribution in [0.25, 0.3) is 0 Å². The Morgan fingerprint density at radius 1 is 1.16 bits per heavy atom. The zero-order valence-corrected chi connectivity index (χ0v) is 12.0. The van der Waals surface area contributed by atoms with Crippen molar-refractivity contribution in [2.75, 3.05) is 26.2 Å². The minimum absolute atomic E-state index is 0.746. The van der Waals surface area contributed by atoms with Crippen LogP contribution in [0, 0.1) is 0 Å². The van der Waals surface area contributed by atoms with Crippen molar-refractivity contribution in [3.05, 3.63) is 34.3 Å². The van der Waals surface area contributed by atoms with Crippen LogP contribution in [0.15, 0.2) is 18.2 Å². The molecule has 2 aliphatic rings. The van der Waals surface area contributed by atoms with Crippen molar-refractivity contribution in [2.45, 2.75) is 32.0 Å². The van der Waals surface area contributed by atoms with E-state index in [0.29, 0.717) is 0 Å². The molecule has 3 rings (SSSR count). The van der Waals surface area contributed by atoms with E-state index in [1.807, 2.05) is 0 Å².